The van der Waals surface area contributed by atoms with Crippen LogP contribution in [0.4, 0.5) is 11.4 Å². The second-order valence-corrected chi connectivity index (χ2v) is 5.56. The van der Waals surface area contributed by atoms with Gasteiger partial charge in [0.2, 0.25) is 5.91 Å². The molecule has 1 amide bonds. The zero-order valence-electron chi connectivity index (χ0n) is 12.2. The van der Waals surface area contributed by atoms with E-state index in [4.69, 9.17) is 5.11 Å². The molecule has 0 aromatic heterocycles. The Labute approximate surface area is 115 Å². The van der Waals surface area contributed by atoms with Crippen LogP contribution in [0, 0.1) is 5.41 Å². The first kappa shape index (κ1) is 15.5. The number of carbonyl (C=O) groups is 1. The van der Waals surface area contributed by atoms with E-state index in [9.17, 15) is 4.79 Å². The molecule has 0 saturated carbocycles. The summed E-state index contributed by atoms with van der Waals surface area (Å²) in [5.41, 5.74) is 1.38. The van der Waals surface area contributed by atoms with Crippen LogP contribution in [0.15, 0.2) is 24.3 Å². The van der Waals surface area contributed by atoms with Crippen LogP contribution in [-0.2, 0) is 4.79 Å². The number of anilines is 2. The summed E-state index contributed by atoms with van der Waals surface area (Å²) in [6.07, 6.45) is 0. The van der Waals surface area contributed by atoms with E-state index in [0.717, 1.165) is 17.9 Å². The molecule has 1 rings (SSSR count). The van der Waals surface area contributed by atoms with Crippen molar-refractivity contribution in [3.8, 4) is 0 Å². The van der Waals surface area contributed by atoms with E-state index >= 15 is 0 Å². The molecule has 19 heavy (non-hydrogen) atoms. The third kappa shape index (κ3) is 4.56. The van der Waals surface area contributed by atoms with Crippen LogP contribution in [0.25, 0.3) is 0 Å². The monoisotopic (exact) mass is 264 g/mol. The average molecular weight is 264 g/mol. The molecular formula is C15H24N2O2. The van der Waals surface area contributed by atoms with Gasteiger partial charge in [0.15, 0.2) is 0 Å². The predicted octanol–water partition coefficient (Wildman–Crippen LogP) is 2.49. The fourth-order valence-corrected chi connectivity index (χ4v) is 1.69. The van der Waals surface area contributed by atoms with E-state index in [1.165, 1.54) is 0 Å². The van der Waals surface area contributed by atoms with Crippen molar-refractivity contribution >= 4 is 17.3 Å². The largest absolute Gasteiger partial charge is 0.395 e. The first-order chi connectivity index (χ1) is 8.88. The third-order valence-corrected chi connectivity index (χ3v) is 2.90. The summed E-state index contributed by atoms with van der Waals surface area (Å²) in [4.78, 5) is 14.0. The lowest BCUT2D eigenvalue weighted by atomic mass is 9.95. The molecule has 0 fully saturated rings. The van der Waals surface area contributed by atoms with Gasteiger partial charge in [-0.25, -0.2) is 0 Å². The second-order valence-electron chi connectivity index (χ2n) is 5.56. The zero-order chi connectivity index (χ0) is 14.5. The van der Waals surface area contributed by atoms with Gasteiger partial charge in [-0.3, -0.25) is 4.79 Å². The smallest absolute Gasteiger partial charge is 0.229 e. The highest BCUT2D eigenvalue weighted by atomic mass is 16.3. The van der Waals surface area contributed by atoms with Gasteiger partial charge in [-0.15, -0.1) is 0 Å². The highest BCUT2D eigenvalue weighted by molar-refractivity contribution is 5.94. The number of benzene rings is 1. The number of amides is 1. The molecule has 2 N–H and O–H groups in total. The first-order valence-corrected chi connectivity index (χ1v) is 6.65. The first-order valence-electron chi connectivity index (χ1n) is 6.65. The van der Waals surface area contributed by atoms with Crippen LogP contribution in [0.3, 0.4) is 0 Å². The summed E-state index contributed by atoms with van der Waals surface area (Å²) in [5, 5.41) is 12.0. The molecule has 0 unspecified atom stereocenters. The number of aliphatic hydroxyl groups is 1. The average Bonchev–Trinajstić information content (AvgIpc) is 2.35. The van der Waals surface area contributed by atoms with E-state index in [2.05, 4.69) is 10.2 Å². The van der Waals surface area contributed by atoms with Crippen LogP contribution in [0.1, 0.15) is 27.7 Å². The number of likely N-dealkylation sites (N-methyl/N-ethyl adjacent to an activating group) is 1. The lowest BCUT2D eigenvalue weighted by Gasteiger charge is -2.23. The van der Waals surface area contributed by atoms with Gasteiger partial charge >= 0.3 is 0 Å². The zero-order valence-corrected chi connectivity index (χ0v) is 12.2. The van der Waals surface area contributed by atoms with E-state index in [1.807, 2.05) is 52.0 Å². The fraction of sp³-hybridized carbons (Fsp3) is 0.533. The molecule has 4 heteroatoms. The fourth-order valence-electron chi connectivity index (χ4n) is 1.69. The molecule has 0 aliphatic rings. The van der Waals surface area contributed by atoms with E-state index < -0.39 is 5.41 Å². The molecule has 106 valence electrons. The maximum atomic E-state index is 11.9. The summed E-state index contributed by atoms with van der Waals surface area (Å²) >= 11 is 0. The van der Waals surface area contributed by atoms with Crippen molar-refractivity contribution in [2.24, 2.45) is 5.41 Å². The summed E-state index contributed by atoms with van der Waals surface area (Å²) in [6, 6.07) is 7.70. The van der Waals surface area contributed by atoms with Crippen LogP contribution in [-0.4, -0.2) is 30.7 Å². The summed E-state index contributed by atoms with van der Waals surface area (Å²) < 4.78 is 0. The Balaban J connectivity index is 2.85. The minimum absolute atomic E-state index is 0.00476. The molecule has 1 aromatic carbocycles. The molecule has 0 aliphatic heterocycles. The predicted molar refractivity (Wildman–Crippen MR) is 79.5 cm³/mol. The topological polar surface area (TPSA) is 52.6 Å². The van der Waals surface area contributed by atoms with Crippen molar-refractivity contribution < 1.29 is 9.90 Å². The number of rotatable bonds is 5. The van der Waals surface area contributed by atoms with E-state index in [0.29, 0.717) is 6.54 Å². The summed E-state index contributed by atoms with van der Waals surface area (Å²) in [7, 11) is 0. The van der Waals surface area contributed by atoms with Gasteiger partial charge in [0.25, 0.3) is 0 Å². The van der Waals surface area contributed by atoms with Crippen molar-refractivity contribution in [2.75, 3.05) is 29.9 Å². The third-order valence-electron chi connectivity index (χ3n) is 2.90. The SMILES string of the molecule is CCN(CCO)c1cccc(NC(=O)C(C)(C)C)c1. The molecule has 0 aliphatic carbocycles. The van der Waals surface area contributed by atoms with Crippen LogP contribution in [0.2, 0.25) is 0 Å². The molecule has 0 bridgehead atoms. The number of hydrogen-bond acceptors (Lipinski definition) is 3. The van der Waals surface area contributed by atoms with Crippen LogP contribution in [0.5, 0.6) is 0 Å². The maximum absolute atomic E-state index is 11.9. The quantitative estimate of drug-likeness (QED) is 0.859. The Bertz CT molecular complexity index is 424. The molecule has 0 radical (unpaired) electrons. The number of nitrogens with zero attached hydrogens (tertiary/aromatic N) is 1. The molecule has 0 saturated heterocycles. The lowest BCUT2D eigenvalue weighted by molar-refractivity contribution is -0.123. The standard InChI is InChI=1S/C15H24N2O2/c1-5-17(9-10-18)13-8-6-7-12(11-13)16-14(19)15(2,3)4/h6-8,11,18H,5,9-10H2,1-4H3,(H,16,19). The minimum atomic E-state index is -0.411. The molecule has 0 heterocycles. The van der Waals surface area contributed by atoms with Gasteiger partial charge < -0.3 is 15.3 Å². The van der Waals surface area contributed by atoms with E-state index in [-0.39, 0.29) is 12.5 Å². The molecule has 4 nitrogen and oxygen atoms in total. The number of aliphatic hydroxyl groups excluding tert-OH is 1. The minimum Gasteiger partial charge on any atom is -0.395 e. The molecule has 1 aromatic rings. The Morgan fingerprint density at radius 3 is 2.58 bits per heavy atom. The van der Waals surface area contributed by atoms with Crippen molar-refractivity contribution in [2.45, 2.75) is 27.7 Å². The summed E-state index contributed by atoms with van der Waals surface area (Å²) in [5.74, 6) is -0.00476. The van der Waals surface area contributed by atoms with Crippen LogP contribution < -0.4 is 10.2 Å². The van der Waals surface area contributed by atoms with Gasteiger partial charge in [0, 0.05) is 29.9 Å². The van der Waals surface area contributed by atoms with Gasteiger partial charge in [-0.1, -0.05) is 26.8 Å². The van der Waals surface area contributed by atoms with Crippen molar-refractivity contribution in [1.82, 2.24) is 0 Å². The number of carbonyl (C=O) groups excluding carboxylic acids is 1. The van der Waals surface area contributed by atoms with Gasteiger partial charge in [0.05, 0.1) is 6.61 Å². The molecule has 0 atom stereocenters. The van der Waals surface area contributed by atoms with Crippen molar-refractivity contribution in [1.29, 1.82) is 0 Å². The number of hydrogen-bond donors (Lipinski definition) is 2. The lowest BCUT2D eigenvalue weighted by Crippen LogP contribution is -2.28. The molecule has 0 spiro atoms. The Kier molecular flexibility index (Phi) is 5.36. The van der Waals surface area contributed by atoms with Crippen LogP contribution >= 0.6 is 0 Å². The van der Waals surface area contributed by atoms with E-state index in [1.54, 1.807) is 0 Å². The molecular weight excluding hydrogens is 240 g/mol. The highest BCUT2D eigenvalue weighted by Crippen LogP contribution is 2.22. The Hall–Kier alpha value is -1.55. The van der Waals surface area contributed by atoms with Crippen molar-refractivity contribution in [3.63, 3.8) is 0 Å². The van der Waals surface area contributed by atoms with Gasteiger partial charge in [0.1, 0.15) is 0 Å². The van der Waals surface area contributed by atoms with Gasteiger partial charge in [-0.05, 0) is 25.1 Å². The summed E-state index contributed by atoms with van der Waals surface area (Å²) in [6.45, 7) is 9.22. The second kappa shape index (κ2) is 6.57. The van der Waals surface area contributed by atoms with Gasteiger partial charge in [-0.2, -0.15) is 0 Å². The van der Waals surface area contributed by atoms with Crippen molar-refractivity contribution in [3.05, 3.63) is 24.3 Å². The Morgan fingerprint density at radius 2 is 2.05 bits per heavy atom. The maximum Gasteiger partial charge on any atom is 0.229 e. The Morgan fingerprint density at radius 1 is 1.37 bits per heavy atom. The highest BCUT2D eigenvalue weighted by Gasteiger charge is 2.21. The normalized spacial score (nSPS) is 11.2. The number of nitrogens with one attached hydrogen (secondary N) is 1.